The molecule has 3 heteroatoms. The predicted octanol–water partition coefficient (Wildman–Crippen LogP) is 8.52. The summed E-state index contributed by atoms with van der Waals surface area (Å²) < 4.78 is 5.25. The Hall–Kier alpha value is -4.24. The van der Waals surface area contributed by atoms with Gasteiger partial charge in [0.15, 0.2) is 0 Å². The van der Waals surface area contributed by atoms with Crippen molar-refractivity contribution in [2.75, 3.05) is 0 Å². The van der Waals surface area contributed by atoms with Crippen LogP contribution in [-0.2, 0) is 12.8 Å². The van der Waals surface area contributed by atoms with E-state index in [0.29, 0.717) is 0 Å². The van der Waals surface area contributed by atoms with Gasteiger partial charge in [-0.3, -0.25) is 0 Å². The van der Waals surface area contributed by atoms with Crippen molar-refractivity contribution in [3.05, 3.63) is 102 Å². The molecule has 0 fully saturated rings. The SMILES string of the molecule is CCCCc1ccc2c(c1)c1cc(CCCC)cc3c1n2B1c2c-3cccc2-n2c3ccccc3c3cccc1c32. The van der Waals surface area contributed by atoms with Crippen molar-refractivity contribution in [1.29, 1.82) is 0 Å². The third kappa shape index (κ3) is 3.04. The molecule has 0 saturated heterocycles. The van der Waals surface area contributed by atoms with Crippen molar-refractivity contribution in [1.82, 2.24) is 9.05 Å². The highest BCUT2D eigenvalue weighted by molar-refractivity contribution is 6.90. The summed E-state index contributed by atoms with van der Waals surface area (Å²) in [6, 6.07) is 35.3. The summed E-state index contributed by atoms with van der Waals surface area (Å²) in [6.07, 6.45) is 7.18. The number of fused-ring (bicyclic) bond motifs is 10. The van der Waals surface area contributed by atoms with E-state index in [1.54, 1.807) is 0 Å². The van der Waals surface area contributed by atoms with Crippen LogP contribution in [0.4, 0.5) is 0 Å². The molecule has 0 aliphatic carbocycles. The molecule has 5 aromatic carbocycles. The topological polar surface area (TPSA) is 9.86 Å². The van der Waals surface area contributed by atoms with E-state index >= 15 is 0 Å². The lowest BCUT2D eigenvalue weighted by Gasteiger charge is -2.34. The van der Waals surface area contributed by atoms with Crippen molar-refractivity contribution in [2.24, 2.45) is 0 Å². The van der Waals surface area contributed by atoms with Gasteiger partial charge in [0.2, 0.25) is 0 Å². The maximum atomic E-state index is 2.70. The molecule has 0 radical (unpaired) electrons. The van der Waals surface area contributed by atoms with Gasteiger partial charge in [0.25, 0.3) is 0 Å². The highest BCUT2D eigenvalue weighted by atomic mass is 15.0. The normalized spacial score (nSPS) is 13.2. The minimum atomic E-state index is 0.150. The third-order valence-corrected chi connectivity index (χ3v) is 9.83. The molecule has 0 saturated carbocycles. The molecular formula is C38H33BN2. The van der Waals surface area contributed by atoms with Gasteiger partial charge >= 0.3 is 6.85 Å². The molecule has 198 valence electrons. The van der Waals surface area contributed by atoms with Crippen LogP contribution in [-0.4, -0.2) is 15.9 Å². The maximum Gasteiger partial charge on any atom is 0.333 e. The number of hydrogen-bond donors (Lipinski definition) is 0. The molecular weight excluding hydrogens is 495 g/mol. The van der Waals surface area contributed by atoms with Crippen LogP contribution in [0.2, 0.25) is 0 Å². The highest BCUT2D eigenvalue weighted by Crippen LogP contribution is 2.43. The average molecular weight is 529 g/mol. The standard InChI is InChI=1S/C38H33BN2/c1-3-5-11-24-19-20-34-29(21-24)31-23-25(12-6-4-2)22-30-27-14-10-18-35-36(27)39(41(34)37(30)31)32-16-9-15-28-26-13-7-8-17-33(26)40(35)38(28)32/h7-10,13-23H,3-6,11-12H2,1-2H3. The van der Waals surface area contributed by atoms with Gasteiger partial charge in [-0.05, 0) is 89.7 Å². The molecule has 2 aliphatic rings. The summed E-state index contributed by atoms with van der Waals surface area (Å²) >= 11 is 0. The summed E-state index contributed by atoms with van der Waals surface area (Å²) in [4.78, 5) is 0. The largest absolute Gasteiger partial charge is 0.375 e. The van der Waals surface area contributed by atoms with E-state index in [9.17, 15) is 0 Å². The molecule has 0 amide bonds. The lowest BCUT2D eigenvalue weighted by Crippen LogP contribution is -2.55. The fourth-order valence-corrected chi connectivity index (χ4v) is 8.03. The number of benzene rings is 5. The molecule has 2 aromatic heterocycles. The van der Waals surface area contributed by atoms with Gasteiger partial charge < -0.3 is 9.05 Å². The van der Waals surface area contributed by atoms with E-state index in [2.05, 4.69) is 114 Å². The van der Waals surface area contributed by atoms with E-state index in [4.69, 9.17) is 0 Å². The van der Waals surface area contributed by atoms with Crippen molar-refractivity contribution >= 4 is 61.4 Å². The van der Waals surface area contributed by atoms with Crippen LogP contribution in [0.1, 0.15) is 50.7 Å². The van der Waals surface area contributed by atoms with Gasteiger partial charge in [-0.2, -0.15) is 0 Å². The Bertz CT molecular complexity index is 2190. The van der Waals surface area contributed by atoms with E-state index in [1.807, 2.05) is 0 Å². The second-order valence-corrected chi connectivity index (χ2v) is 12.2. The smallest absolute Gasteiger partial charge is 0.333 e. The third-order valence-electron chi connectivity index (χ3n) is 9.83. The number of hydrogen-bond acceptors (Lipinski definition) is 0. The van der Waals surface area contributed by atoms with Crippen LogP contribution >= 0.6 is 0 Å². The quantitative estimate of drug-likeness (QED) is 0.192. The molecule has 2 aliphatic heterocycles. The van der Waals surface area contributed by atoms with Gasteiger partial charge in [-0.1, -0.05) is 81.3 Å². The molecule has 0 spiro atoms. The Morgan fingerprint density at radius 3 is 2.24 bits per heavy atom. The molecule has 9 rings (SSSR count). The zero-order chi connectivity index (χ0) is 27.2. The van der Waals surface area contributed by atoms with Crippen molar-refractivity contribution in [3.63, 3.8) is 0 Å². The molecule has 41 heavy (non-hydrogen) atoms. The zero-order valence-corrected chi connectivity index (χ0v) is 23.9. The van der Waals surface area contributed by atoms with E-state index in [-0.39, 0.29) is 6.85 Å². The molecule has 0 atom stereocenters. The molecule has 0 bridgehead atoms. The van der Waals surface area contributed by atoms with Crippen molar-refractivity contribution in [2.45, 2.75) is 52.4 Å². The molecule has 0 unspecified atom stereocenters. The molecule has 0 N–H and O–H groups in total. The van der Waals surface area contributed by atoms with Crippen LogP contribution in [0.15, 0.2) is 91.0 Å². The fraction of sp³-hybridized carbons (Fsp3) is 0.211. The van der Waals surface area contributed by atoms with Gasteiger partial charge in [0.05, 0.1) is 11.0 Å². The number of unbranched alkanes of at least 4 members (excludes halogenated alkanes) is 2. The Morgan fingerprint density at radius 2 is 1.37 bits per heavy atom. The summed E-state index contributed by atoms with van der Waals surface area (Å²) in [5.74, 6) is 0. The molecule has 2 nitrogen and oxygen atoms in total. The second kappa shape index (κ2) is 8.63. The zero-order valence-electron chi connectivity index (χ0n) is 23.9. The maximum absolute atomic E-state index is 2.70. The summed E-state index contributed by atoms with van der Waals surface area (Å²) in [6.45, 7) is 4.74. The number of aromatic nitrogens is 2. The van der Waals surface area contributed by atoms with Gasteiger partial charge in [0.1, 0.15) is 0 Å². The van der Waals surface area contributed by atoms with E-state index < -0.39 is 0 Å². The number of nitrogens with zero attached hydrogens (tertiary/aromatic N) is 2. The first-order valence-electron chi connectivity index (χ1n) is 15.5. The van der Waals surface area contributed by atoms with Gasteiger partial charge in [-0.15, -0.1) is 0 Å². The minimum Gasteiger partial charge on any atom is -0.375 e. The summed E-state index contributed by atoms with van der Waals surface area (Å²) in [5.41, 5.74) is 15.3. The average Bonchev–Trinajstić information content (AvgIpc) is 3.53. The van der Waals surface area contributed by atoms with Crippen LogP contribution in [0.5, 0.6) is 0 Å². The lowest BCUT2D eigenvalue weighted by molar-refractivity contribution is 0.795. The number of rotatable bonds is 6. The first-order chi connectivity index (χ1) is 20.3. The fourth-order valence-electron chi connectivity index (χ4n) is 8.03. The minimum absolute atomic E-state index is 0.150. The lowest BCUT2D eigenvalue weighted by atomic mass is 9.45. The second-order valence-electron chi connectivity index (χ2n) is 12.2. The Balaban J connectivity index is 1.45. The van der Waals surface area contributed by atoms with Gasteiger partial charge in [0, 0.05) is 43.8 Å². The van der Waals surface area contributed by atoms with Crippen LogP contribution in [0.3, 0.4) is 0 Å². The van der Waals surface area contributed by atoms with Crippen LogP contribution < -0.4 is 10.9 Å². The Kier molecular flexibility index (Phi) is 4.94. The Morgan fingerprint density at radius 1 is 0.585 bits per heavy atom. The monoisotopic (exact) mass is 528 g/mol. The van der Waals surface area contributed by atoms with Crippen molar-refractivity contribution < 1.29 is 0 Å². The van der Waals surface area contributed by atoms with Crippen molar-refractivity contribution in [3.8, 4) is 16.8 Å². The number of aryl methyl sites for hydroxylation is 2. The van der Waals surface area contributed by atoms with E-state index in [0.717, 1.165) is 12.8 Å². The number of para-hydroxylation sites is 2. The van der Waals surface area contributed by atoms with E-state index in [1.165, 1.54) is 108 Å². The summed E-state index contributed by atoms with van der Waals surface area (Å²) in [7, 11) is 0. The van der Waals surface area contributed by atoms with Gasteiger partial charge in [-0.25, -0.2) is 0 Å². The predicted molar refractivity (Wildman–Crippen MR) is 177 cm³/mol. The Labute approximate surface area is 241 Å². The first-order valence-corrected chi connectivity index (χ1v) is 15.5. The van der Waals surface area contributed by atoms with Crippen LogP contribution in [0, 0.1) is 0 Å². The highest BCUT2D eigenvalue weighted by Gasteiger charge is 2.41. The summed E-state index contributed by atoms with van der Waals surface area (Å²) in [5, 5.41) is 5.53. The molecule has 7 aromatic rings. The molecule has 4 heterocycles. The van der Waals surface area contributed by atoms with Crippen LogP contribution in [0.25, 0.3) is 60.4 Å². The first kappa shape index (κ1) is 23.5.